The lowest BCUT2D eigenvalue weighted by Crippen LogP contribution is -2.46. The molecule has 0 aromatic rings. The van der Waals surface area contributed by atoms with Crippen LogP contribution in [0.25, 0.3) is 0 Å². The highest BCUT2D eigenvalue weighted by atomic mass is 16.5. The van der Waals surface area contributed by atoms with Crippen LogP contribution in [-0.2, 0) is 4.74 Å². The molecule has 2 nitrogen and oxygen atoms in total. The van der Waals surface area contributed by atoms with E-state index in [9.17, 15) is 0 Å². The van der Waals surface area contributed by atoms with Crippen LogP contribution in [0.3, 0.4) is 0 Å². The van der Waals surface area contributed by atoms with Crippen LogP contribution in [0.2, 0.25) is 0 Å². The van der Waals surface area contributed by atoms with Gasteiger partial charge in [0.1, 0.15) is 0 Å². The van der Waals surface area contributed by atoms with E-state index in [1.807, 2.05) is 0 Å². The SMILES string of the molecule is CCCNC(C1CCCCC1)C1CC2CCC1O2. The standard InChI is InChI=1S/C16H29NO/c1-2-10-17-16(12-6-4-3-5-7-12)14-11-13-8-9-15(14)18-13/h12-17H,2-11H2,1H3. The lowest BCUT2D eigenvalue weighted by atomic mass is 9.73. The van der Waals surface area contributed by atoms with Crippen molar-refractivity contribution in [1.29, 1.82) is 0 Å². The molecule has 104 valence electrons. The highest BCUT2D eigenvalue weighted by Gasteiger charge is 2.46. The molecule has 1 saturated carbocycles. The molecule has 0 spiro atoms. The number of ether oxygens (including phenoxy) is 1. The molecule has 2 bridgehead atoms. The second-order valence-electron chi connectivity index (χ2n) is 6.65. The third-order valence-corrected chi connectivity index (χ3v) is 5.40. The minimum Gasteiger partial charge on any atom is -0.375 e. The maximum atomic E-state index is 6.10. The van der Waals surface area contributed by atoms with Crippen molar-refractivity contribution in [2.24, 2.45) is 11.8 Å². The lowest BCUT2D eigenvalue weighted by Gasteiger charge is -2.37. The lowest BCUT2D eigenvalue weighted by molar-refractivity contribution is 0.0756. The molecule has 4 atom stereocenters. The third-order valence-electron chi connectivity index (χ3n) is 5.40. The summed E-state index contributed by atoms with van der Waals surface area (Å²) in [5, 5.41) is 3.89. The molecule has 2 aliphatic heterocycles. The smallest absolute Gasteiger partial charge is 0.0623 e. The number of rotatable bonds is 5. The number of hydrogen-bond donors (Lipinski definition) is 1. The van der Waals surface area contributed by atoms with Gasteiger partial charge in [0.2, 0.25) is 0 Å². The molecule has 0 aromatic carbocycles. The molecule has 4 unspecified atom stereocenters. The van der Waals surface area contributed by atoms with Crippen molar-refractivity contribution in [2.75, 3.05) is 6.54 Å². The second-order valence-corrected chi connectivity index (χ2v) is 6.65. The summed E-state index contributed by atoms with van der Waals surface area (Å²) in [6.45, 7) is 3.47. The van der Waals surface area contributed by atoms with Gasteiger partial charge in [0, 0.05) is 12.0 Å². The Bertz CT molecular complexity index is 262. The molecule has 18 heavy (non-hydrogen) atoms. The first-order chi connectivity index (χ1) is 8.88. The molecular weight excluding hydrogens is 222 g/mol. The molecule has 0 aromatic heterocycles. The summed E-state index contributed by atoms with van der Waals surface area (Å²) >= 11 is 0. The molecular formula is C16H29NO. The average Bonchev–Trinajstić information content (AvgIpc) is 3.03. The Morgan fingerprint density at radius 3 is 2.56 bits per heavy atom. The zero-order valence-electron chi connectivity index (χ0n) is 11.9. The van der Waals surface area contributed by atoms with Crippen molar-refractivity contribution in [3.63, 3.8) is 0 Å². The quantitative estimate of drug-likeness (QED) is 0.807. The van der Waals surface area contributed by atoms with Crippen molar-refractivity contribution >= 4 is 0 Å². The Balaban J connectivity index is 1.64. The Hall–Kier alpha value is -0.0800. The van der Waals surface area contributed by atoms with E-state index in [1.165, 1.54) is 64.3 Å². The first kappa shape index (κ1) is 12.9. The predicted molar refractivity (Wildman–Crippen MR) is 74.7 cm³/mol. The minimum absolute atomic E-state index is 0.589. The third kappa shape index (κ3) is 2.60. The summed E-state index contributed by atoms with van der Waals surface area (Å²) in [7, 11) is 0. The van der Waals surface area contributed by atoms with Crippen LogP contribution in [-0.4, -0.2) is 24.8 Å². The molecule has 0 amide bonds. The Morgan fingerprint density at radius 2 is 1.94 bits per heavy atom. The van der Waals surface area contributed by atoms with Crippen LogP contribution < -0.4 is 5.32 Å². The van der Waals surface area contributed by atoms with Crippen LogP contribution in [0, 0.1) is 11.8 Å². The molecule has 1 N–H and O–H groups in total. The fraction of sp³-hybridized carbons (Fsp3) is 1.00. The summed E-state index contributed by atoms with van der Waals surface area (Å²) in [5.74, 6) is 1.75. The maximum Gasteiger partial charge on any atom is 0.0623 e. The van der Waals surface area contributed by atoms with Gasteiger partial charge in [0.05, 0.1) is 12.2 Å². The monoisotopic (exact) mass is 251 g/mol. The molecule has 1 aliphatic carbocycles. The van der Waals surface area contributed by atoms with Crippen molar-refractivity contribution in [3.05, 3.63) is 0 Å². The number of fused-ring (bicyclic) bond motifs is 2. The van der Waals surface area contributed by atoms with Crippen LogP contribution in [0.1, 0.15) is 64.7 Å². The van der Waals surface area contributed by atoms with Crippen LogP contribution in [0.5, 0.6) is 0 Å². The maximum absolute atomic E-state index is 6.10. The zero-order valence-corrected chi connectivity index (χ0v) is 11.9. The fourth-order valence-corrected chi connectivity index (χ4v) is 4.53. The molecule has 3 fully saturated rings. The van der Waals surface area contributed by atoms with Gasteiger partial charge in [0.15, 0.2) is 0 Å². The second kappa shape index (κ2) is 5.92. The van der Waals surface area contributed by atoms with Crippen molar-refractivity contribution in [2.45, 2.75) is 83.0 Å². The van der Waals surface area contributed by atoms with Gasteiger partial charge < -0.3 is 10.1 Å². The first-order valence-electron chi connectivity index (χ1n) is 8.27. The van der Waals surface area contributed by atoms with Gasteiger partial charge in [-0.1, -0.05) is 26.2 Å². The van der Waals surface area contributed by atoms with Gasteiger partial charge in [0.25, 0.3) is 0 Å². The largest absolute Gasteiger partial charge is 0.375 e. The van der Waals surface area contributed by atoms with E-state index in [2.05, 4.69) is 12.2 Å². The molecule has 2 saturated heterocycles. The highest BCUT2D eigenvalue weighted by molar-refractivity contribution is 4.97. The summed E-state index contributed by atoms with van der Waals surface area (Å²) in [6.07, 6.45) is 13.7. The van der Waals surface area contributed by atoms with E-state index in [0.717, 1.165) is 17.9 Å². The van der Waals surface area contributed by atoms with E-state index < -0.39 is 0 Å². The van der Waals surface area contributed by atoms with Crippen molar-refractivity contribution < 1.29 is 4.74 Å². The molecule has 2 heteroatoms. The molecule has 0 radical (unpaired) electrons. The van der Waals surface area contributed by atoms with E-state index in [1.54, 1.807) is 0 Å². The number of nitrogens with one attached hydrogen (secondary N) is 1. The van der Waals surface area contributed by atoms with Gasteiger partial charge in [-0.25, -0.2) is 0 Å². The van der Waals surface area contributed by atoms with E-state index in [0.29, 0.717) is 12.2 Å². The normalized spacial score (nSPS) is 38.2. The summed E-state index contributed by atoms with van der Waals surface area (Å²) in [6, 6.07) is 0.751. The summed E-state index contributed by atoms with van der Waals surface area (Å²) < 4.78 is 6.10. The van der Waals surface area contributed by atoms with Gasteiger partial charge >= 0.3 is 0 Å². The van der Waals surface area contributed by atoms with Gasteiger partial charge in [-0.05, 0) is 51.0 Å². The van der Waals surface area contributed by atoms with E-state index >= 15 is 0 Å². The van der Waals surface area contributed by atoms with Gasteiger partial charge in [-0.3, -0.25) is 0 Å². The zero-order chi connectivity index (χ0) is 12.4. The van der Waals surface area contributed by atoms with E-state index in [4.69, 9.17) is 4.74 Å². The minimum atomic E-state index is 0.589. The summed E-state index contributed by atoms with van der Waals surface area (Å²) in [5.41, 5.74) is 0. The summed E-state index contributed by atoms with van der Waals surface area (Å²) in [4.78, 5) is 0. The Labute approximate surface area is 112 Å². The van der Waals surface area contributed by atoms with Gasteiger partial charge in [-0.2, -0.15) is 0 Å². The predicted octanol–water partition coefficient (Wildman–Crippen LogP) is 3.50. The fourth-order valence-electron chi connectivity index (χ4n) is 4.53. The van der Waals surface area contributed by atoms with Crippen molar-refractivity contribution in [1.82, 2.24) is 5.32 Å². The van der Waals surface area contributed by atoms with E-state index in [-0.39, 0.29) is 0 Å². The molecule has 3 rings (SSSR count). The van der Waals surface area contributed by atoms with Crippen LogP contribution in [0.15, 0.2) is 0 Å². The Kier molecular flexibility index (Phi) is 4.25. The first-order valence-corrected chi connectivity index (χ1v) is 8.27. The molecule has 2 heterocycles. The average molecular weight is 251 g/mol. The Morgan fingerprint density at radius 1 is 1.11 bits per heavy atom. The van der Waals surface area contributed by atoms with Gasteiger partial charge in [-0.15, -0.1) is 0 Å². The highest BCUT2D eigenvalue weighted by Crippen LogP contribution is 2.43. The van der Waals surface area contributed by atoms with Crippen LogP contribution in [0.4, 0.5) is 0 Å². The van der Waals surface area contributed by atoms with Crippen LogP contribution >= 0.6 is 0 Å². The molecule has 3 aliphatic rings. The number of hydrogen-bond acceptors (Lipinski definition) is 2. The van der Waals surface area contributed by atoms with Crippen molar-refractivity contribution in [3.8, 4) is 0 Å². The topological polar surface area (TPSA) is 21.3 Å².